The van der Waals surface area contributed by atoms with Crippen molar-refractivity contribution in [3.05, 3.63) is 0 Å². The van der Waals surface area contributed by atoms with Gasteiger partial charge in [0.1, 0.15) is 0 Å². The quantitative estimate of drug-likeness (QED) is 0.328. The molecule has 6 heteroatoms. The average molecular weight is 355 g/mol. The normalized spacial score (nSPS) is 9.95. The van der Waals surface area contributed by atoms with Crippen LogP contribution in [0.2, 0.25) is 0 Å². The van der Waals surface area contributed by atoms with Crippen molar-refractivity contribution in [2.24, 2.45) is 0 Å². The van der Waals surface area contributed by atoms with Crippen LogP contribution in [-0.2, 0) is 32.3 Å². The second-order valence-electron chi connectivity index (χ2n) is 5.22. The third-order valence-corrected chi connectivity index (χ3v) is 3.25. The van der Waals surface area contributed by atoms with Gasteiger partial charge in [0.2, 0.25) is 0 Å². The Balaban J connectivity index is 0. The molecule has 0 amide bonds. The molecule has 0 radical (unpaired) electrons. The standard InChI is InChI=1S/C16H34O3.H2O.O.Ti/c1-2-3-4-5-6-7-8-9-10-11-13-18-15-16-19-14-12-17;;;/h17H,2-16H2,1H3;1H2;;/q;;;+1/p-1. The van der Waals surface area contributed by atoms with Crippen LogP contribution in [0, 0.1) is 0 Å². The first-order valence-electron chi connectivity index (χ1n) is 8.61. The van der Waals surface area contributed by atoms with Crippen molar-refractivity contribution in [3.63, 3.8) is 0 Å². The molecule has 0 heterocycles. The number of rotatable bonds is 16. The Morgan fingerprint density at radius 1 is 0.727 bits per heavy atom. The Kier molecular flexibility index (Phi) is 29.4. The summed E-state index contributed by atoms with van der Waals surface area (Å²) in [7, 11) is 0. The third-order valence-electron chi connectivity index (χ3n) is 3.25. The van der Waals surface area contributed by atoms with Gasteiger partial charge in [-0.3, -0.25) is 0 Å². The van der Waals surface area contributed by atoms with Crippen molar-refractivity contribution in [3.8, 4) is 0 Å². The zero-order valence-corrected chi connectivity index (χ0v) is 15.8. The summed E-state index contributed by atoms with van der Waals surface area (Å²) >= 11 is -1.75. The summed E-state index contributed by atoms with van der Waals surface area (Å²) in [4.78, 5) is 0. The Labute approximate surface area is 145 Å². The molecule has 0 atom stereocenters. The SMILES string of the molecule is CCCCCCCCCCCCOCCOCCO.[O]=[Ti][OH]. The zero-order chi connectivity index (χ0) is 16.7. The van der Waals surface area contributed by atoms with E-state index in [2.05, 4.69) is 6.92 Å². The number of aliphatic hydroxyl groups excluding tert-OH is 1. The van der Waals surface area contributed by atoms with Crippen LogP contribution in [0.3, 0.4) is 0 Å². The Morgan fingerprint density at radius 2 is 1.14 bits per heavy atom. The van der Waals surface area contributed by atoms with E-state index in [1.165, 1.54) is 57.8 Å². The third kappa shape index (κ3) is 28.5. The van der Waals surface area contributed by atoms with Crippen molar-refractivity contribution in [1.29, 1.82) is 0 Å². The molecule has 2 N–H and O–H groups in total. The molecule has 0 saturated carbocycles. The predicted octanol–water partition coefficient (Wildman–Crippen LogP) is 3.25. The molecule has 0 unspecified atom stereocenters. The molecule has 0 aliphatic carbocycles. The van der Waals surface area contributed by atoms with Crippen LogP contribution in [0.1, 0.15) is 71.1 Å². The minimum absolute atomic E-state index is 0.0957. The topological polar surface area (TPSA) is 76.0 Å². The van der Waals surface area contributed by atoms with Crippen molar-refractivity contribution < 1.29 is 41.1 Å². The van der Waals surface area contributed by atoms with Gasteiger partial charge in [0.05, 0.1) is 26.4 Å². The van der Waals surface area contributed by atoms with E-state index in [1.54, 1.807) is 0 Å². The molecule has 133 valence electrons. The maximum absolute atomic E-state index is 8.61. The van der Waals surface area contributed by atoms with Gasteiger partial charge in [-0.25, -0.2) is 0 Å². The molecule has 0 rings (SSSR count). The molecule has 0 aliphatic heterocycles. The molecule has 0 bridgehead atoms. The number of aliphatic hydroxyl groups is 1. The molecule has 0 aromatic heterocycles. The molecular weight excluding hydrogens is 320 g/mol. The van der Waals surface area contributed by atoms with Gasteiger partial charge in [-0.15, -0.1) is 0 Å². The van der Waals surface area contributed by atoms with E-state index in [0.29, 0.717) is 19.8 Å². The molecule has 0 spiro atoms. The number of unbranched alkanes of at least 4 members (excludes halogenated alkanes) is 9. The first kappa shape index (κ1) is 24.6. The molecule has 0 saturated heterocycles. The van der Waals surface area contributed by atoms with Crippen LogP contribution in [-0.4, -0.2) is 41.8 Å². The minimum atomic E-state index is -1.75. The maximum atomic E-state index is 8.61. The van der Waals surface area contributed by atoms with E-state index in [-0.39, 0.29) is 6.61 Å². The van der Waals surface area contributed by atoms with Crippen LogP contribution in [0.5, 0.6) is 0 Å². The summed E-state index contributed by atoms with van der Waals surface area (Å²) in [6.07, 6.45) is 13.6. The molecule has 0 fully saturated rings. The summed E-state index contributed by atoms with van der Waals surface area (Å²) < 4.78 is 26.3. The summed E-state index contributed by atoms with van der Waals surface area (Å²) in [5, 5.41) is 8.50. The summed E-state index contributed by atoms with van der Waals surface area (Å²) in [5.74, 6) is 0. The van der Waals surface area contributed by atoms with Crippen LogP contribution in [0.15, 0.2) is 0 Å². The summed E-state index contributed by atoms with van der Waals surface area (Å²) in [5.41, 5.74) is 0. The van der Waals surface area contributed by atoms with Gasteiger partial charge >= 0.3 is 26.5 Å². The predicted molar refractivity (Wildman–Crippen MR) is 83.5 cm³/mol. The summed E-state index contributed by atoms with van der Waals surface area (Å²) in [6.45, 7) is 4.87. The van der Waals surface area contributed by atoms with Gasteiger partial charge < -0.3 is 14.6 Å². The number of ether oxygens (including phenoxy) is 2. The molecule has 5 nitrogen and oxygen atoms in total. The average Bonchev–Trinajstić information content (AvgIpc) is 2.52. The van der Waals surface area contributed by atoms with Crippen molar-refractivity contribution >= 4 is 0 Å². The fourth-order valence-corrected chi connectivity index (χ4v) is 2.08. The van der Waals surface area contributed by atoms with Crippen LogP contribution >= 0.6 is 0 Å². The molecule has 0 aromatic rings. The fourth-order valence-electron chi connectivity index (χ4n) is 2.08. The van der Waals surface area contributed by atoms with Crippen molar-refractivity contribution in [2.45, 2.75) is 71.1 Å². The van der Waals surface area contributed by atoms with E-state index >= 15 is 0 Å². The van der Waals surface area contributed by atoms with Crippen molar-refractivity contribution in [2.75, 3.05) is 33.0 Å². The van der Waals surface area contributed by atoms with Crippen molar-refractivity contribution in [1.82, 2.24) is 0 Å². The Morgan fingerprint density at radius 3 is 1.59 bits per heavy atom. The number of hydrogen-bond acceptors (Lipinski definition) is 4. The number of hydrogen-bond donors (Lipinski definition) is 2. The second-order valence-corrected chi connectivity index (χ2v) is 5.51. The molecule has 22 heavy (non-hydrogen) atoms. The fraction of sp³-hybridized carbons (Fsp3) is 1.00. The first-order valence-corrected chi connectivity index (χ1v) is 9.94. The second kappa shape index (κ2) is 26.3. The van der Waals surface area contributed by atoms with Gasteiger partial charge in [0.25, 0.3) is 0 Å². The Hall–Kier alpha value is 0.354. The van der Waals surface area contributed by atoms with Gasteiger partial charge in [-0.1, -0.05) is 64.7 Å². The molecular formula is C16H35O5Ti. The summed E-state index contributed by atoms with van der Waals surface area (Å²) in [6, 6.07) is 0. The van der Waals surface area contributed by atoms with Gasteiger partial charge in [-0.05, 0) is 6.42 Å². The molecule has 0 aliphatic rings. The van der Waals surface area contributed by atoms with Gasteiger partial charge in [-0.2, -0.15) is 0 Å². The molecule has 0 aromatic carbocycles. The van der Waals surface area contributed by atoms with E-state index in [4.69, 9.17) is 21.6 Å². The van der Waals surface area contributed by atoms with Gasteiger partial charge in [0, 0.05) is 6.61 Å². The van der Waals surface area contributed by atoms with Gasteiger partial charge in [0.15, 0.2) is 0 Å². The monoisotopic (exact) mass is 355 g/mol. The van der Waals surface area contributed by atoms with Crippen LogP contribution in [0.25, 0.3) is 0 Å². The van der Waals surface area contributed by atoms with Crippen LogP contribution in [0.4, 0.5) is 0 Å². The van der Waals surface area contributed by atoms with E-state index in [0.717, 1.165) is 13.0 Å². The first-order chi connectivity index (χ1) is 10.8. The van der Waals surface area contributed by atoms with E-state index < -0.39 is 19.5 Å². The Bertz CT molecular complexity index is 177. The van der Waals surface area contributed by atoms with E-state index in [1.807, 2.05) is 0 Å². The van der Waals surface area contributed by atoms with E-state index in [9.17, 15) is 0 Å². The zero-order valence-electron chi connectivity index (χ0n) is 14.2. The van der Waals surface area contributed by atoms with Crippen LogP contribution < -0.4 is 0 Å².